The normalized spacial score (nSPS) is 20.0. The van der Waals surface area contributed by atoms with Gasteiger partial charge in [-0.25, -0.2) is 9.97 Å². The number of benzene rings is 1. The van der Waals surface area contributed by atoms with Gasteiger partial charge in [0.25, 0.3) is 5.91 Å². The van der Waals surface area contributed by atoms with Gasteiger partial charge in [0.15, 0.2) is 0 Å². The number of likely N-dealkylation sites (tertiary alicyclic amines) is 1. The molecule has 1 unspecified atom stereocenters. The van der Waals surface area contributed by atoms with Crippen LogP contribution in [0.1, 0.15) is 61.0 Å². The molecule has 8 nitrogen and oxygen atoms in total. The van der Waals surface area contributed by atoms with Crippen LogP contribution in [-0.4, -0.2) is 51.2 Å². The Morgan fingerprint density at radius 1 is 1.05 bits per heavy atom. The minimum Gasteiger partial charge on any atom is -0.358 e. The van der Waals surface area contributed by atoms with Crippen molar-refractivity contribution in [2.24, 2.45) is 5.92 Å². The van der Waals surface area contributed by atoms with Crippen molar-refractivity contribution in [3.8, 4) is 11.4 Å². The summed E-state index contributed by atoms with van der Waals surface area (Å²) in [6.07, 6.45) is 19.0. The fraction of sp³-hybridized carbons (Fsp3) is 0.333. The first kappa shape index (κ1) is 26.7. The van der Waals surface area contributed by atoms with E-state index in [0.29, 0.717) is 30.5 Å². The van der Waals surface area contributed by atoms with Gasteiger partial charge in [-0.05, 0) is 80.9 Å². The molecule has 1 saturated carbocycles. The molecule has 1 saturated heterocycles. The Bertz CT molecular complexity index is 1590. The molecule has 0 radical (unpaired) electrons. The van der Waals surface area contributed by atoms with Gasteiger partial charge >= 0.3 is 0 Å². The Balaban J connectivity index is 1.27. The van der Waals surface area contributed by atoms with Gasteiger partial charge in [-0.3, -0.25) is 14.0 Å². The average molecular weight is 549 g/mol. The second-order valence-electron chi connectivity index (χ2n) is 10.9. The third kappa shape index (κ3) is 5.59. The summed E-state index contributed by atoms with van der Waals surface area (Å²) in [7, 11) is 1.84. The van der Waals surface area contributed by atoms with Crippen LogP contribution in [0.3, 0.4) is 0 Å². The Hall–Kier alpha value is -4.46. The first-order valence-corrected chi connectivity index (χ1v) is 14.5. The van der Waals surface area contributed by atoms with Crippen molar-refractivity contribution in [3.05, 3.63) is 95.5 Å². The molecule has 3 aliphatic rings. The molecular formula is C33H36N6O2. The summed E-state index contributed by atoms with van der Waals surface area (Å²) in [5.74, 6) is 2.10. The molecule has 6 rings (SSSR count). The fourth-order valence-corrected chi connectivity index (χ4v) is 5.74. The van der Waals surface area contributed by atoms with E-state index in [4.69, 9.17) is 4.98 Å². The Morgan fingerprint density at radius 3 is 2.63 bits per heavy atom. The molecule has 41 heavy (non-hydrogen) atoms. The molecule has 2 amide bonds. The summed E-state index contributed by atoms with van der Waals surface area (Å²) in [5.41, 5.74) is 5.58. The number of anilines is 1. The van der Waals surface area contributed by atoms with E-state index in [1.54, 1.807) is 18.3 Å². The second kappa shape index (κ2) is 11.6. The summed E-state index contributed by atoms with van der Waals surface area (Å²) in [6.45, 7) is 3.20. The zero-order chi connectivity index (χ0) is 28.3. The molecule has 1 aromatic carbocycles. The summed E-state index contributed by atoms with van der Waals surface area (Å²) >= 11 is 0. The topological polar surface area (TPSA) is 91.6 Å². The molecule has 2 N–H and O–H groups in total. The number of imidazole rings is 1. The summed E-state index contributed by atoms with van der Waals surface area (Å²) in [4.78, 5) is 37.2. The summed E-state index contributed by atoms with van der Waals surface area (Å²) < 4.78 is 2.03. The number of nitrogens with zero attached hydrogens (tertiary/aromatic N) is 4. The lowest BCUT2D eigenvalue weighted by Gasteiger charge is -2.13. The molecule has 1 aliphatic heterocycles. The number of allylic oxidation sites excluding steroid dienone is 6. The maximum absolute atomic E-state index is 13.2. The van der Waals surface area contributed by atoms with E-state index < -0.39 is 0 Å². The standard InChI is InChI=1S/C33H36N6O2/c1-3-7-29(40)38-19-17-26(21-38)30-28-16-18-35-33(34-2)39(28)31(37-30)23-12-14-24(15-13-23)32(41)36-27-9-6-4-5-8-25(20-27)22-10-11-22/h3,5,7-9,12-16,18,20,22,26H,4,6,10-11,17,19,21H2,1-2H3,(H,34,35)(H,36,41)/b7-3?,8-5+,25-20?,27-9?. The van der Waals surface area contributed by atoms with Crippen LogP contribution in [0.15, 0.2) is 84.3 Å². The van der Waals surface area contributed by atoms with E-state index in [-0.39, 0.29) is 17.7 Å². The number of hydrogen-bond acceptors (Lipinski definition) is 5. The first-order valence-electron chi connectivity index (χ1n) is 14.5. The van der Waals surface area contributed by atoms with Crippen LogP contribution in [0.2, 0.25) is 0 Å². The van der Waals surface area contributed by atoms with E-state index in [1.165, 1.54) is 18.4 Å². The molecule has 2 aromatic heterocycles. The summed E-state index contributed by atoms with van der Waals surface area (Å²) in [5, 5.41) is 6.31. The van der Waals surface area contributed by atoms with Gasteiger partial charge in [0.1, 0.15) is 5.82 Å². The van der Waals surface area contributed by atoms with Crippen molar-refractivity contribution in [1.29, 1.82) is 0 Å². The van der Waals surface area contributed by atoms with Gasteiger partial charge in [-0.15, -0.1) is 0 Å². The second-order valence-corrected chi connectivity index (χ2v) is 10.9. The van der Waals surface area contributed by atoms with Crippen LogP contribution in [-0.2, 0) is 4.79 Å². The highest BCUT2D eigenvalue weighted by atomic mass is 16.2. The minimum atomic E-state index is -0.123. The number of nitrogens with one attached hydrogen (secondary N) is 2. The number of hydrogen-bond donors (Lipinski definition) is 2. The minimum absolute atomic E-state index is 0.0380. The SMILES string of the molecule is CC=CC(=O)N1CCC(c2nc(-c3ccc(C(=O)NC4=CCC/C=C/C(C5CC5)=C4)cc3)n3c(NC)nccc23)C1. The lowest BCUT2D eigenvalue weighted by Crippen LogP contribution is -2.26. The van der Waals surface area contributed by atoms with Gasteiger partial charge in [-0.2, -0.15) is 0 Å². The van der Waals surface area contributed by atoms with Crippen molar-refractivity contribution in [2.75, 3.05) is 25.5 Å². The fourth-order valence-electron chi connectivity index (χ4n) is 5.74. The molecule has 2 fully saturated rings. The van der Waals surface area contributed by atoms with E-state index >= 15 is 0 Å². The lowest BCUT2D eigenvalue weighted by molar-refractivity contribution is -0.125. The quantitative estimate of drug-likeness (QED) is 0.374. The number of rotatable bonds is 7. The Labute approximate surface area is 240 Å². The van der Waals surface area contributed by atoms with Crippen LogP contribution in [0, 0.1) is 5.92 Å². The highest BCUT2D eigenvalue weighted by Crippen LogP contribution is 2.38. The van der Waals surface area contributed by atoms with E-state index in [2.05, 4.69) is 39.9 Å². The lowest BCUT2D eigenvalue weighted by atomic mass is 10.0. The van der Waals surface area contributed by atoms with Gasteiger partial charge < -0.3 is 15.5 Å². The van der Waals surface area contributed by atoms with Crippen molar-refractivity contribution >= 4 is 23.3 Å². The predicted octanol–water partition coefficient (Wildman–Crippen LogP) is 5.63. The van der Waals surface area contributed by atoms with Gasteiger partial charge in [0.05, 0.1) is 11.2 Å². The van der Waals surface area contributed by atoms with Crippen molar-refractivity contribution < 1.29 is 9.59 Å². The monoisotopic (exact) mass is 548 g/mol. The highest BCUT2D eigenvalue weighted by Gasteiger charge is 2.31. The Morgan fingerprint density at radius 2 is 1.88 bits per heavy atom. The zero-order valence-electron chi connectivity index (χ0n) is 23.6. The van der Waals surface area contributed by atoms with Crippen molar-refractivity contribution in [2.45, 2.75) is 44.9 Å². The van der Waals surface area contributed by atoms with Crippen molar-refractivity contribution in [1.82, 2.24) is 24.6 Å². The molecule has 8 heteroatoms. The smallest absolute Gasteiger partial charge is 0.255 e. The molecule has 3 heterocycles. The first-order chi connectivity index (χ1) is 20.1. The molecule has 0 bridgehead atoms. The van der Waals surface area contributed by atoms with E-state index in [1.807, 2.05) is 53.6 Å². The number of aromatic nitrogens is 3. The Kier molecular flexibility index (Phi) is 7.55. The summed E-state index contributed by atoms with van der Waals surface area (Å²) in [6, 6.07) is 9.56. The highest BCUT2D eigenvalue weighted by molar-refractivity contribution is 5.96. The molecule has 3 aromatic rings. The van der Waals surface area contributed by atoms with Crippen LogP contribution < -0.4 is 10.6 Å². The number of carbonyl (C=O) groups excluding carboxylic acids is 2. The largest absolute Gasteiger partial charge is 0.358 e. The average Bonchev–Trinajstić information content (AvgIpc) is 3.57. The number of fused-ring (bicyclic) bond motifs is 1. The van der Waals surface area contributed by atoms with Gasteiger partial charge in [0, 0.05) is 49.1 Å². The third-order valence-electron chi connectivity index (χ3n) is 8.04. The maximum Gasteiger partial charge on any atom is 0.255 e. The number of amides is 2. The molecule has 2 aliphatic carbocycles. The van der Waals surface area contributed by atoms with Crippen LogP contribution in [0.5, 0.6) is 0 Å². The number of carbonyl (C=O) groups is 2. The van der Waals surface area contributed by atoms with Gasteiger partial charge in [0.2, 0.25) is 11.9 Å². The van der Waals surface area contributed by atoms with Gasteiger partial charge in [-0.1, -0.05) is 36.4 Å². The maximum atomic E-state index is 13.2. The zero-order valence-corrected chi connectivity index (χ0v) is 23.6. The predicted molar refractivity (Wildman–Crippen MR) is 161 cm³/mol. The van der Waals surface area contributed by atoms with E-state index in [0.717, 1.165) is 47.6 Å². The molecule has 0 spiro atoms. The molecule has 210 valence electrons. The molecular weight excluding hydrogens is 512 g/mol. The molecule has 1 atom stereocenters. The third-order valence-corrected chi connectivity index (χ3v) is 8.04. The van der Waals surface area contributed by atoms with E-state index in [9.17, 15) is 9.59 Å². The van der Waals surface area contributed by atoms with Crippen LogP contribution >= 0.6 is 0 Å². The van der Waals surface area contributed by atoms with Crippen molar-refractivity contribution in [3.63, 3.8) is 0 Å². The van der Waals surface area contributed by atoms with Crippen LogP contribution in [0.25, 0.3) is 16.9 Å². The van der Waals surface area contributed by atoms with Crippen LogP contribution in [0.4, 0.5) is 5.95 Å².